The van der Waals surface area contributed by atoms with E-state index in [1.807, 2.05) is 11.0 Å². The number of piperazine rings is 1. The van der Waals surface area contributed by atoms with Gasteiger partial charge >= 0.3 is 0 Å². The van der Waals surface area contributed by atoms with E-state index in [4.69, 9.17) is 5.73 Å². The van der Waals surface area contributed by atoms with E-state index < -0.39 is 5.91 Å². The molecule has 1 aromatic carbocycles. The summed E-state index contributed by atoms with van der Waals surface area (Å²) < 4.78 is 0.840. The van der Waals surface area contributed by atoms with Crippen LogP contribution in [-0.4, -0.2) is 44.5 Å². The summed E-state index contributed by atoms with van der Waals surface area (Å²) in [4.78, 5) is 25.5. The fraction of sp³-hybridized carbons (Fsp3) is 0.385. The lowest BCUT2D eigenvalue weighted by Gasteiger charge is -2.37. The second-order valence-corrected chi connectivity index (χ2v) is 5.47. The van der Waals surface area contributed by atoms with Gasteiger partial charge in [-0.2, -0.15) is 0 Å². The smallest absolute Gasteiger partial charge is 0.250 e. The van der Waals surface area contributed by atoms with Crippen molar-refractivity contribution < 1.29 is 9.59 Å². The minimum Gasteiger partial charge on any atom is -0.366 e. The number of nitrogens with zero attached hydrogens (tertiary/aromatic N) is 1. The zero-order valence-electron chi connectivity index (χ0n) is 11.1. The van der Waals surface area contributed by atoms with Gasteiger partial charge in [-0.15, -0.1) is 0 Å². The van der Waals surface area contributed by atoms with Crippen molar-refractivity contribution >= 4 is 33.4 Å². The Kier molecular flexibility index (Phi) is 4.61. The van der Waals surface area contributed by atoms with E-state index in [1.165, 1.54) is 0 Å². The number of nitrogens with two attached hydrogens (primary N) is 1. The van der Waals surface area contributed by atoms with Crippen LogP contribution in [0.2, 0.25) is 0 Å². The Morgan fingerprint density at radius 2 is 2.25 bits per heavy atom. The van der Waals surface area contributed by atoms with Crippen LogP contribution in [0.25, 0.3) is 0 Å². The van der Waals surface area contributed by atoms with Crippen molar-refractivity contribution in [1.82, 2.24) is 10.6 Å². The third kappa shape index (κ3) is 2.94. The lowest BCUT2D eigenvalue weighted by Crippen LogP contribution is -2.58. The topological polar surface area (TPSA) is 87.5 Å². The number of carbonyl (C=O) groups is 2. The minimum absolute atomic E-state index is 0.0902. The largest absolute Gasteiger partial charge is 0.366 e. The number of halogens is 1. The average Bonchev–Trinajstić information content (AvgIpc) is 2.46. The number of rotatable bonds is 3. The lowest BCUT2D eigenvalue weighted by molar-refractivity contribution is -0.122. The van der Waals surface area contributed by atoms with Crippen molar-refractivity contribution in [1.29, 1.82) is 0 Å². The monoisotopic (exact) mass is 340 g/mol. The van der Waals surface area contributed by atoms with Crippen LogP contribution in [0, 0.1) is 0 Å². The van der Waals surface area contributed by atoms with Crippen LogP contribution in [0.15, 0.2) is 22.7 Å². The highest BCUT2D eigenvalue weighted by Gasteiger charge is 2.30. The standard InChI is InChI=1S/C13H17BrN4O2/c1-16-13(20)11-7-17-4-5-18(11)10-6-8(14)2-3-9(10)12(15)19/h2-3,6,11,17H,4-5,7H2,1H3,(H2,15,19)(H,16,20). The van der Waals surface area contributed by atoms with Crippen molar-refractivity contribution in [3.8, 4) is 0 Å². The predicted octanol–water partition coefficient (Wildman–Crippen LogP) is 0.0722. The summed E-state index contributed by atoms with van der Waals surface area (Å²) in [5.41, 5.74) is 6.53. The van der Waals surface area contributed by atoms with Gasteiger partial charge < -0.3 is 21.3 Å². The number of primary amides is 1. The number of hydrogen-bond acceptors (Lipinski definition) is 4. The van der Waals surface area contributed by atoms with Gasteiger partial charge in [0.1, 0.15) is 6.04 Å². The Morgan fingerprint density at radius 3 is 2.90 bits per heavy atom. The maximum atomic E-state index is 12.0. The molecule has 0 saturated carbocycles. The van der Waals surface area contributed by atoms with Crippen molar-refractivity contribution in [2.75, 3.05) is 31.6 Å². The van der Waals surface area contributed by atoms with E-state index in [0.29, 0.717) is 24.3 Å². The van der Waals surface area contributed by atoms with Crippen LogP contribution in [0.1, 0.15) is 10.4 Å². The summed E-state index contributed by atoms with van der Waals surface area (Å²) in [6.45, 7) is 1.91. The van der Waals surface area contributed by atoms with E-state index in [-0.39, 0.29) is 11.9 Å². The second-order valence-electron chi connectivity index (χ2n) is 4.55. The van der Waals surface area contributed by atoms with Gasteiger partial charge in [0.2, 0.25) is 5.91 Å². The van der Waals surface area contributed by atoms with Gasteiger partial charge in [-0.25, -0.2) is 0 Å². The van der Waals surface area contributed by atoms with Crippen LogP contribution in [0.4, 0.5) is 5.69 Å². The third-order valence-corrected chi connectivity index (χ3v) is 3.82. The Morgan fingerprint density at radius 1 is 1.50 bits per heavy atom. The van der Waals surface area contributed by atoms with Crippen LogP contribution < -0.4 is 21.3 Å². The molecule has 0 aliphatic carbocycles. The fourth-order valence-corrected chi connectivity index (χ4v) is 2.69. The van der Waals surface area contributed by atoms with E-state index in [1.54, 1.807) is 19.2 Å². The molecule has 2 rings (SSSR count). The van der Waals surface area contributed by atoms with Gasteiger partial charge in [0.05, 0.1) is 11.3 Å². The molecule has 1 saturated heterocycles. The summed E-state index contributed by atoms with van der Waals surface area (Å²) in [5.74, 6) is -0.589. The van der Waals surface area contributed by atoms with E-state index in [9.17, 15) is 9.59 Å². The van der Waals surface area contributed by atoms with Gasteiger partial charge in [0, 0.05) is 31.2 Å². The van der Waals surface area contributed by atoms with Crippen molar-refractivity contribution in [3.05, 3.63) is 28.2 Å². The summed E-state index contributed by atoms with van der Waals surface area (Å²) in [7, 11) is 1.60. The molecule has 2 amide bonds. The molecule has 1 aromatic rings. The highest BCUT2D eigenvalue weighted by atomic mass is 79.9. The zero-order chi connectivity index (χ0) is 14.7. The van der Waals surface area contributed by atoms with Gasteiger partial charge in [-0.1, -0.05) is 15.9 Å². The Balaban J connectivity index is 2.44. The molecule has 7 heteroatoms. The van der Waals surface area contributed by atoms with Crippen molar-refractivity contribution in [2.24, 2.45) is 5.73 Å². The number of benzene rings is 1. The molecule has 20 heavy (non-hydrogen) atoms. The number of amides is 2. The zero-order valence-corrected chi connectivity index (χ0v) is 12.7. The summed E-state index contributed by atoms with van der Waals surface area (Å²) in [6.07, 6.45) is 0. The van der Waals surface area contributed by atoms with Gasteiger partial charge in [-0.3, -0.25) is 9.59 Å². The van der Waals surface area contributed by atoms with Crippen LogP contribution in [0.5, 0.6) is 0 Å². The summed E-state index contributed by atoms with van der Waals surface area (Å²) in [6, 6.07) is 4.90. The number of carbonyl (C=O) groups excluding carboxylic acids is 2. The van der Waals surface area contributed by atoms with Crippen molar-refractivity contribution in [2.45, 2.75) is 6.04 Å². The predicted molar refractivity (Wildman–Crippen MR) is 80.7 cm³/mol. The number of nitrogens with one attached hydrogen (secondary N) is 2. The van der Waals surface area contributed by atoms with E-state index in [0.717, 1.165) is 11.0 Å². The molecule has 1 heterocycles. The van der Waals surface area contributed by atoms with Crippen molar-refractivity contribution in [3.63, 3.8) is 0 Å². The molecule has 0 radical (unpaired) electrons. The van der Waals surface area contributed by atoms with Gasteiger partial charge in [0.25, 0.3) is 5.91 Å². The Bertz CT molecular complexity index is 535. The Hall–Kier alpha value is -1.60. The molecule has 1 atom stereocenters. The molecule has 1 unspecified atom stereocenters. The van der Waals surface area contributed by atoms with E-state index >= 15 is 0 Å². The maximum absolute atomic E-state index is 12.0. The molecule has 0 aromatic heterocycles. The first-order valence-electron chi connectivity index (χ1n) is 6.33. The van der Waals surface area contributed by atoms with Crippen LogP contribution in [0.3, 0.4) is 0 Å². The molecule has 1 aliphatic heterocycles. The first-order valence-corrected chi connectivity index (χ1v) is 7.12. The van der Waals surface area contributed by atoms with Gasteiger partial charge in [-0.05, 0) is 18.2 Å². The average molecular weight is 341 g/mol. The molecule has 0 bridgehead atoms. The molecule has 1 fully saturated rings. The maximum Gasteiger partial charge on any atom is 0.250 e. The highest BCUT2D eigenvalue weighted by Crippen LogP contribution is 2.27. The molecule has 1 aliphatic rings. The number of hydrogen-bond donors (Lipinski definition) is 3. The van der Waals surface area contributed by atoms with Crippen LogP contribution in [-0.2, 0) is 4.79 Å². The molecule has 0 spiro atoms. The van der Waals surface area contributed by atoms with E-state index in [2.05, 4.69) is 26.6 Å². The third-order valence-electron chi connectivity index (χ3n) is 3.33. The number of likely N-dealkylation sites (N-methyl/N-ethyl adjacent to an activating group) is 1. The first-order chi connectivity index (χ1) is 9.54. The van der Waals surface area contributed by atoms with Crippen LogP contribution >= 0.6 is 15.9 Å². The molecular formula is C13H17BrN4O2. The SMILES string of the molecule is CNC(=O)C1CNCCN1c1cc(Br)ccc1C(N)=O. The summed E-state index contributed by atoms with van der Waals surface area (Å²) >= 11 is 3.39. The van der Waals surface area contributed by atoms with Gasteiger partial charge in [0.15, 0.2) is 0 Å². The molecule has 4 N–H and O–H groups in total. The molecule has 108 valence electrons. The summed E-state index contributed by atoms with van der Waals surface area (Å²) in [5, 5.41) is 5.83. The second kappa shape index (κ2) is 6.23. The highest BCUT2D eigenvalue weighted by molar-refractivity contribution is 9.10. The normalized spacial score (nSPS) is 18.7. The number of anilines is 1. The first kappa shape index (κ1) is 14.8. The Labute approximate surface area is 125 Å². The minimum atomic E-state index is -0.498. The molecular weight excluding hydrogens is 324 g/mol. The fourth-order valence-electron chi connectivity index (χ4n) is 2.34. The molecule has 6 nitrogen and oxygen atoms in total. The lowest BCUT2D eigenvalue weighted by atomic mass is 10.1. The quantitative estimate of drug-likeness (QED) is 0.726.